The lowest BCUT2D eigenvalue weighted by Crippen LogP contribution is -2.34. The third-order valence-electron chi connectivity index (χ3n) is 5.19. The van der Waals surface area contributed by atoms with Crippen LogP contribution in [0.25, 0.3) is 0 Å². The van der Waals surface area contributed by atoms with Gasteiger partial charge in [-0.15, -0.1) is 0 Å². The molecule has 2 fully saturated rings. The zero-order valence-corrected chi connectivity index (χ0v) is 12.4. The molecular weight excluding hydrogens is 314 g/mol. The van der Waals surface area contributed by atoms with E-state index in [2.05, 4.69) is 0 Å². The topological polar surface area (TPSA) is 112 Å². The van der Waals surface area contributed by atoms with E-state index in [9.17, 15) is 24.3 Å². The molecule has 1 aromatic rings. The van der Waals surface area contributed by atoms with Gasteiger partial charge in [0.25, 0.3) is 0 Å². The minimum atomic E-state index is -1.32. The number of carbonyl (C=O) groups is 4. The molecule has 0 aromatic heterocycles. The molecule has 3 aliphatic rings. The zero-order chi connectivity index (χ0) is 17.2. The molecule has 2 N–H and O–H groups in total. The Hall–Kier alpha value is -2.96. The summed E-state index contributed by atoms with van der Waals surface area (Å²) in [6, 6.07) is 3.34. The molecule has 1 heterocycles. The molecule has 0 unspecified atom stereocenters. The van der Waals surface area contributed by atoms with E-state index in [1.165, 1.54) is 0 Å². The van der Waals surface area contributed by atoms with Crippen molar-refractivity contribution in [2.75, 3.05) is 4.90 Å². The van der Waals surface area contributed by atoms with Crippen molar-refractivity contribution in [1.29, 1.82) is 0 Å². The van der Waals surface area contributed by atoms with Gasteiger partial charge < -0.3 is 10.2 Å². The lowest BCUT2D eigenvalue weighted by atomic mass is 9.85. The van der Waals surface area contributed by atoms with Gasteiger partial charge in [0.2, 0.25) is 11.8 Å². The molecule has 1 aromatic carbocycles. The van der Waals surface area contributed by atoms with Crippen molar-refractivity contribution >= 4 is 29.4 Å². The summed E-state index contributed by atoms with van der Waals surface area (Å²) in [6.45, 7) is 0. The van der Waals surface area contributed by atoms with Crippen molar-refractivity contribution in [3.63, 3.8) is 0 Å². The Morgan fingerprint density at radius 2 is 1.54 bits per heavy atom. The molecule has 24 heavy (non-hydrogen) atoms. The molecule has 1 saturated heterocycles. The van der Waals surface area contributed by atoms with Crippen LogP contribution in [0.15, 0.2) is 30.4 Å². The highest BCUT2D eigenvalue weighted by Gasteiger charge is 2.59. The summed E-state index contributed by atoms with van der Waals surface area (Å²) < 4.78 is 0. The highest BCUT2D eigenvalue weighted by molar-refractivity contribution is 6.24. The van der Waals surface area contributed by atoms with Crippen molar-refractivity contribution in [2.45, 2.75) is 6.42 Å². The minimum absolute atomic E-state index is 0.00242. The van der Waals surface area contributed by atoms with Crippen LogP contribution in [0.4, 0.5) is 5.69 Å². The lowest BCUT2D eigenvalue weighted by molar-refractivity contribution is -0.123. The number of imide groups is 1. The monoisotopic (exact) mass is 327 g/mol. The van der Waals surface area contributed by atoms with Crippen LogP contribution in [-0.2, 0) is 9.59 Å². The second kappa shape index (κ2) is 4.77. The summed E-state index contributed by atoms with van der Waals surface area (Å²) >= 11 is 0. The Morgan fingerprint density at radius 3 is 2.04 bits per heavy atom. The zero-order valence-electron chi connectivity index (χ0n) is 12.4. The first-order chi connectivity index (χ1) is 11.4. The molecule has 7 nitrogen and oxygen atoms in total. The third-order valence-corrected chi connectivity index (χ3v) is 5.19. The molecule has 1 saturated carbocycles. The molecule has 7 heteroatoms. The van der Waals surface area contributed by atoms with E-state index in [1.54, 1.807) is 0 Å². The number of anilines is 1. The van der Waals surface area contributed by atoms with Crippen LogP contribution in [0, 0.1) is 23.7 Å². The molecule has 2 aliphatic carbocycles. The van der Waals surface area contributed by atoms with Crippen LogP contribution in [0.2, 0.25) is 0 Å². The van der Waals surface area contributed by atoms with Gasteiger partial charge in [-0.25, -0.2) is 14.5 Å². The van der Waals surface area contributed by atoms with Crippen molar-refractivity contribution in [3.05, 3.63) is 41.5 Å². The largest absolute Gasteiger partial charge is 0.478 e. The molecule has 0 spiro atoms. The summed E-state index contributed by atoms with van der Waals surface area (Å²) in [5.41, 5.74) is -0.595. The number of amides is 2. The van der Waals surface area contributed by atoms with Crippen molar-refractivity contribution in [1.82, 2.24) is 0 Å². The Kier molecular flexibility index (Phi) is 2.90. The fourth-order valence-corrected chi connectivity index (χ4v) is 4.17. The van der Waals surface area contributed by atoms with Gasteiger partial charge >= 0.3 is 11.9 Å². The van der Waals surface area contributed by atoms with Gasteiger partial charge in [0.05, 0.1) is 28.7 Å². The average Bonchev–Trinajstić information content (AvgIpc) is 3.20. The summed E-state index contributed by atoms with van der Waals surface area (Å²) in [5.74, 6) is -4.39. The summed E-state index contributed by atoms with van der Waals surface area (Å²) in [4.78, 5) is 49.0. The van der Waals surface area contributed by atoms with Crippen LogP contribution in [0.1, 0.15) is 27.1 Å². The molecule has 4 atom stereocenters. The quantitative estimate of drug-likeness (QED) is 0.641. The normalized spacial score (nSPS) is 30.1. The fourth-order valence-electron chi connectivity index (χ4n) is 4.17. The molecule has 122 valence electrons. The van der Waals surface area contributed by atoms with Crippen LogP contribution in [0.3, 0.4) is 0 Å². The van der Waals surface area contributed by atoms with Gasteiger partial charge in [-0.3, -0.25) is 9.59 Å². The number of hydrogen-bond donors (Lipinski definition) is 2. The number of aromatic carboxylic acids is 2. The second-order valence-corrected chi connectivity index (χ2v) is 6.35. The first-order valence-electron chi connectivity index (χ1n) is 7.57. The Morgan fingerprint density at radius 1 is 0.958 bits per heavy atom. The van der Waals surface area contributed by atoms with E-state index in [0.717, 1.165) is 29.5 Å². The molecule has 0 radical (unpaired) electrons. The number of allylic oxidation sites excluding steroid dienone is 2. The molecule has 2 amide bonds. The number of carboxylic acid groups (broad SMARTS) is 2. The van der Waals surface area contributed by atoms with E-state index < -0.39 is 35.6 Å². The minimum Gasteiger partial charge on any atom is -0.478 e. The summed E-state index contributed by atoms with van der Waals surface area (Å²) in [7, 11) is 0. The fraction of sp³-hybridized carbons (Fsp3) is 0.294. The van der Waals surface area contributed by atoms with Crippen molar-refractivity contribution < 1.29 is 29.4 Å². The number of benzene rings is 1. The van der Waals surface area contributed by atoms with Gasteiger partial charge in [0, 0.05) is 0 Å². The molecule has 4 rings (SSSR count). The third kappa shape index (κ3) is 1.78. The van der Waals surface area contributed by atoms with E-state index in [-0.39, 0.29) is 28.7 Å². The highest BCUT2D eigenvalue weighted by atomic mass is 16.4. The maximum absolute atomic E-state index is 12.8. The predicted molar refractivity (Wildman–Crippen MR) is 80.6 cm³/mol. The van der Waals surface area contributed by atoms with Gasteiger partial charge in [-0.1, -0.05) is 12.2 Å². The Bertz CT molecular complexity index is 811. The standard InChI is InChI=1S/C17H13NO6/c19-14-12-7-1-2-8(5-7)13(12)15(20)18(14)11-6-9(16(21)22)3-4-10(11)17(23)24/h1-4,6-8,12-13H,5H2,(H,21,22)(H,23,24)/t7-,8+,12-,13+. The first-order valence-corrected chi connectivity index (χ1v) is 7.57. The number of rotatable bonds is 3. The van der Waals surface area contributed by atoms with Crippen molar-refractivity contribution in [2.24, 2.45) is 23.7 Å². The highest BCUT2D eigenvalue weighted by Crippen LogP contribution is 2.53. The molecular formula is C17H13NO6. The van der Waals surface area contributed by atoms with E-state index >= 15 is 0 Å². The van der Waals surface area contributed by atoms with Gasteiger partial charge in [0.1, 0.15) is 0 Å². The number of hydrogen-bond acceptors (Lipinski definition) is 4. The smallest absolute Gasteiger partial charge is 0.337 e. The van der Waals surface area contributed by atoms with Gasteiger partial charge in [-0.05, 0) is 36.5 Å². The van der Waals surface area contributed by atoms with Crippen LogP contribution in [0.5, 0.6) is 0 Å². The van der Waals surface area contributed by atoms with Gasteiger partial charge in [-0.2, -0.15) is 0 Å². The number of fused-ring (bicyclic) bond motifs is 5. The maximum atomic E-state index is 12.8. The average molecular weight is 327 g/mol. The Labute approximate surface area is 136 Å². The van der Waals surface area contributed by atoms with Crippen LogP contribution < -0.4 is 4.90 Å². The SMILES string of the molecule is O=C(O)c1ccc(C(=O)O)c(N2C(=O)[C@@H]3[C@H](C2=O)[C@@H]2C=C[C@H]3C2)c1. The van der Waals surface area contributed by atoms with Gasteiger partial charge in [0.15, 0.2) is 0 Å². The van der Waals surface area contributed by atoms with Crippen LogP contribution >= 0.6 is 0 Å². The maximum Gasteiger partial charge on any atom is 0.337 e. The second-order valence-electron chi connectivity index (χ2n) is 6.35. The van der Waals surface area contributed by atoms with E-state index in [0.29, 0.717) is 0 Å². The van der Waals surface area contributed by atoms with E-state index in [1.807, 2.05) is 12.2 Å². The summed E-state index contributed by atoms with van der Waals surface area (Å²) in [6.07, 6.45) is 4.64. The van der Waals surface area contributed by atoms with Crippen LogP contribution in [-0.4, -0.2) is 34.0 Å². The predicted octanol–water partition coefficient (Wildman–Crippen LogP) is 1.39. The van der Waals surface area contributed by atoms with E-state index in [4.69, 9.17) is 5.11 Å². The summed E-state index contributed by atoms with van der Waals surface area (Å²) in [5, 5.41) is 18.5. The first kappa shape index (κ1) is 14.6. The molecule has 2 bridgehead atoms. The number of nitrogens with zero attached hydrogens (tertiary/aromatic N) is 1. The number of carboxylic acids is 2. The Balaban J connectivity index is 1.83. The van der Waals surface area contributed by atoms with Crippen molar-refractivity contribution in [3.8, 4) is 0 Å². The lowest BCUT2D eigenvalue weighted by Gasteiger charge is -2.19. The number of carbonyl (C=O) groups excluding carboxylic acids is 2. The molecule has 1 aliphatic heterocycles.